The Kier molecular flexibility index (Phi) is 52.3. The molecule has 0 saturated carbocycles. The Morgan fingerprint density at radius 2 is 0.591 bits per heavy atom. The van der Waals surface area contributed by atoms with Gasteiger partial charge >= 0.3 is 17.9 Å². The maximum absolute atomic E-state index is 12.8. The van der Waals surface area contributed by atoms with Crippen LogP contribution in [0.15, 0.2) is 60.8 Å². The molecule has 0 saturated heterocycles. The number of esters is 3. The van der Waals surface area contributed by atoms with Gasteiger partial charge in [0.1, 0.15) is 13.2 Å². The van der Waals surface area contributed by atoms with Crippen molar-refractivity contribution in [1.29, 1.82) is 0 Å². The van der Waals surface area contributed by atoms with Crippen molar-refractivity contribution in [2.24, 2.45) is 0 Å². The van der Waals surface area contributed by atoms with Gasteiger partial charge in [0, 0.05) is 19.3 Å². The Labute approximate surface area is 409 Å². The van der Waals surface area contributed by atoms with Crippen LogP contribution in [0.4, 0.5) is 0 Å². The minimum atomic E-state index is -0.799. The molecule has 0 spiro atoms. The minimum absolute atomic E-state index is 0.0933. The summed E-state index contributed by atoms with van der Waals surface area (Å²) in [7, 11) is 0. The summed E-state index contributed by atoms with van der Waals surface area (Å²) in [4.78, 5) is 38.0. The lowest BCUT2D eigenvalue weighted by Gasteiger charge is -2.18. The van der Waals surface area contributed by atoms with Crippen molar-refractivity contribution in [3.05, 3.63) is 60.8 Å². The lowest BCUT2D eigenvalue weighted by molar-refractivity contribution is -0.167. The molecule has 0 aromatic rings. The normalized spacial score (nSPS) is 12.5. The van der Waals surface area contributed by atoms with Crippen molar-refractivity contribution in [2.75, 3.05) is 13.2 Å². The van der Waals surface area contributed by atoms with Crippen LogP contribution < -0.4 is 0 Å². The van der Waals surface area contributed by atoms with Gasteiger partial charge in [-0.1, -0.05) is 268 Å². The molecule has 1 unspecified atom stereocenters. The summed E-state index contributed by atoms with van der Waals surface area (Å²) in [5.74, 6) is -0.944. The molecule has 6 nitrogen and oxygen atoms in total. The highest BCUT2D eigenvalue weighted by Crippen LogP contribution is 2.16. The van der Waals surface area contributed by atoms with Crippen molar-refractivity contribution < 1.29 is 28.6 Å². The van der Waals surface area contributed by atoms with E-state index in [-0.39, 0.29) is 37.5 Å². The number of rotatable bonds is 51. The zero-order chi connectivity index (χ0) is 47.9. The number of carbonyl (C=O) groups is 3. The summed E-state index contributed by atoms with van der Waals surface area (Å²) in [6, 6.07) is 0. The Balaban J connectivity index is 4.29. The maximum atomic E-state index is 12.8. The van der Waals surface area contributed by atoms with E-state index in [1.807, 2.05) is 0 Å². The number of carbonyl (C=O) groups excluding carboxylic acids is 3. The lowest BCUT2D eigenvalue weighted by atomic mass is 10.0. The molecule has 0 N–H and O–H groups in total. The molecule has 0 aliphatic carbocycles. The van der Waals surface area contributed by atoms with E-state index >= 15 is 0 Å². The zero-order valence-corrected chi connectivity index (χ0v) is 43.7. The van der Waals surface area contributed by atoms with E-state index in [0.717, 1.165) is 77.0 Å². The Hall–Kier alpha value is -2.89. The SMILES string of the molecule is CC/C=C\C/C=C\C/C=C\C/C=C\C/C=C\CCCC(=O)OC(COC(=O)CCCCCCCCCCC)COC(=O)CCCCCCCCCCCCCCCCCCCCCCCC. The second-order valence-corrected chi connectivity index (χ2v) is 18.8. The standard InChI is InChI=1S/C60H106O6/c1-4-7-10-13-16-19-21-23-25-27-28-29-30-31-33-34-36-38-41-44-47-50-53-59(62)65-56-57(55-64-58(61)52-49-46-43-40-18-15-12-9-6-3)66-60(63)54-51-48-45-42-39-37-35-32-26-24-22-20-17-14-11-8-5-2/h8,11,17,20,24,26,35,37,42,45,57H,4-7,9-10,12-16,18-19,21-23,25,27-34,36,38-41,43-44,46-56H2,1-3H3/b11-8-,20-17-,26-24-,37-35-,45-42-. The first kappa shape index (κ1) is 63.1. The molecule has 66 heavy (non-hydrogen) atoms. The molecule has 1 atom stereocenters. The van der Waals surface area contributed by atoms with Crippen molar-refractivity contribution in [3.63, 3.8) is 0 Å². The van der Waals surface area contributed by atoms with Gasteiger partial charge in [0.2, 0.25) is 0 Å². The Morgan fingerprint density at radius 3 is 0.909 bits per heavy atom. The number of allylic oxidation sites excluding steroid dienone is 10. The molecule has 0 bridgehead atoms. The molecular weight excluding hydrogens is 817 g/mol. The van der Waals surface area contributed by atoms with Gasteiger partial charge in [0.05, 0.1) is 0 Å². The smallest absolute Gasteiger partial charge is 0.306 e. The van der Waals surface area contributed by atoms with E-state index in [0.29, 0.717) is 19.3 Å². The fourth-order valence-electron chi connectivity index (χ4n) is 8.07. The summed E-state index contributed by atoms with van der Waals surface area (Å²) >= 11 is 0. The van der Waals surface area contributed by atoms with Crippen LogP contribution >= 0.6 is 0 Å². The lowest BCUT2D eigenvalue weighted by Crippen LogP contribution is -2.30. The second kappa shape index (κ2) is 54.7. The van der Waals surface area contributed by atoms with Gasteiger partial charge in [-0.25, -0.2) is 0 Å². The number of unbranched alkanes of at least 4 members (excludes halogenated alkanes) is 30. The van der Waals surface area contributed by atoms with E-state index in [2.05, 4.69) is 81.5 Å². The molecule has 0 aliphatic heterocycles. The van der Waals surface area contributed by atoms with Crippen LogP contribution in [-0.2, 0) is 28.6 Å². The van der Waals surface area contributed by atoms with Gasteiger partial charge in [-0.15, -0.1) is 0 Å². The largest absolute Gasteiger partial charge is 0.462 e. The molecule has 382 valence electrons. The van der Waals surface area contributed by atoms with E-state index in [4.69, 9.17) is 14.2 Å². The van der Waals surface area contributed by atoms with E-state index in [1.165, 1.54) is 161 Å². The predicted molar refractivity (Wildman–Crippen MR) is 284 cm³/mol. The molecule has 0 aliphatic rings. The second-order valence-electron chi connectivity index (χ2n) is 18.8. The van der Waals surface area contributed by atoms with Gasteiger partial charge in [0.25, 0.3) is 0 Å². The van der Waals surface area contributed by atoms with Gasteiger partial charge in [-0.2, -0.15) is 0 Å². The topological polar surface area (TPSA) is 78.9 Å². The molecule has 0 radical (unpaired) electrons. The van der Waals surface area contributed by atoms with Crippen LogP contribution in [0.1, 0.15) is 284 Å². The zero-order valence-electron chi connectivity index (χ0n) is 43.7. The van der Waals surface area contributed by atoms with Crippen molar-refractivity contribution >= 4 is 17.9 Å². The molecular formula is C60H106O6. The average molecular weight is 924 g/mol. The molecule has 0 heterocycles. The number of hydrogen-bond acceptors (Lipinski definition) is 6. The summed E-state index contributed by atoms with van der Waals surface area (Å²) in [5, 5.41) is 0. The predicted octanol–water partition coefficient (Wildman–Crippen LogP) is 18.8. The Bertz CT molecular complexity index is 1200. The number of ether oxygens (including phenoxy) is 3. The fourth-order valence-corrected chi connectivity index (χ4v) is 8.07. The van der Waals surface area contributed by atoms with Crippen LogP contribution in [-0.4, -0.2) is 37.2 Å². The van der Waals surface area contributed by atoms with Gasteiger partial charge in [-0.3, -0.25) is 14.4 Å². The number of hydrogen-bond donors (Lipinski definition) is 0. The van der Waals surface area contributed by atoms with E-state index < -0.39 is 6.10 Å². The monoisotopic (exact) mass is 923 g/mol. The summed E-state index contributed by atoms with van der Waals surface area (Å²) < 4.78 is 16.8. The molecule has 0 fully saturated rings. The Morgan fingerprint density at radius 1 is 0.318 bits per heavy atom. The first-order valence-electron chi connectivity index (χ1n) is 28.3. The molecule has 0 amide bonds. The van der Waals surface area contributed by atoms with Crippen molar-refractivity contribution in [2.45, 2.75) is 290 Å². The van der Waals surface area contributed by atoms with Crippen LogP contribution in [0.5, 0.6) is 0 Å². The van der Waals surface area contributed by atoms with E-state index in [1.54, 1.807) is 0 Å². The van der Waals surface area contributed by atoms with Crippen LogP contribution in [0, 0.1) is 0 Å². The van der Waals surface area contributed by atoms with Crippen LogP contribution in [0.2, 0.25) is 0 Å². The average Bonchev–Trinajstić information content (AvgIpc) is 3.31. The highest BCUT2D eigenvalue weighted by molar-refractivity contribution is 5.71. The molecule has 0 aromatic heterocycles. The first-order chi connectivity index (χ1) is 32.5. The van der Waals surface area contributed by atoms with Crippen molar-refractivity contribution in [1.82, 2.24) is 0 Å². The van der Waals surface area contributed by atoms with E-state index in [9.17, 15) is 14.4 Å². The van der Waals surface area contributed by atoms with Crippen LogP contribution in [0.3, 0.4) is 0 Å². The third-order valence-corrected chi connectivity index (χ3v) is 12.3. The first-order valence-corrected chi connectivity index (χ1v) is 28.3. The van der Waals surface area contributed by atoms with Crippen LogP contribution in [0.25, 0.3) is 0 Å². The minimum Gasteiger partial charge on any atom is -0.462 e. The van der Waals surface area contributed by atoms with Gasteiger partial charge in [0.15, 0.2) is 6.10 Å². The van der Waals surface area contributed by atoms with Crippen molar-refractivity contribution in [3.8, 4) is 0 Å². The fraction of sp³-hybridized carbons (Fsp3) is 0.783. The van der Waals surface area contributed by atoms with Gasteiger partial charge < -0.3 is 14.2 Å². The maximum Gasteiger partial charge on any atom is 0.306 e. The molecule has 0 aromatic carbocycles. The molecule has 6 heteroatoms. The third kappa shape index (κ3) is 52.1. The highest BCUT2D eigenvalue weighted by Gasteiger charge is 2.19. The quantitative estimate of drug-likeness (QED) is 0.0262. The summed E-state index contributed by atoms with van der Waals surface area (Å²) in [5.41, 5.74) is 0. The highest BCUT2D eigenvalue weighted by atomic mass is 16.6. The third-order valence-electron chi connectivity index (χ3n) is 12.3. The summed E-state index contributed by atoms with van der Waals surface area (Å²) in [6.07, 6.45) is 68.1. The van der Waals surface area contributed by atoms with Gasteiger partial charge in [-0.05, 0) is 57.8 Å². The summed E-state index contributed by atoms with van der Waals surface area (Å²) in [6.45, 7) is 6.49. The molecule has 0 rings (SSSR count).